The van der Waals surface area contributed by atoms with Gasteiger partial charge in [0.2, 0.25) is 0 Å². The van der Waals surface area contributed by atoms with Gasteiger partial charge in [-0.15, -0.1) is 0 Å². The van der Waals surface area contributed by atoms with E-state index >= 15 is 0 Å². The Kier molecular flexibility index (Phi) is 28.6. The zero-order valence-electron chi connectivity index (χ0n) is 25.3. The number of carbonyl (C=O) groups excluding carboxylic acids is 1. The highest BCUT2D eigenvalue weighted by atomic mass is 16.4. The first-order chi connectivity index (χ1) is 17.7. The summed E-state index contributed by atoms with van der Waals surface area (Å²) < 4.78 is 0. The van der Waals surface area contributed by atoms with Crippen LogP contribution in [-0.2, 0) is 4.79 Å². The Hall–Kier alpha value is -0.530. The van der Waals surface area contributed by atoms with E-state index in [1.807, 2.05) is 0 Å². The molecule has 0 aromatic heterocycles. The minimum Gasteiger partial charge on any atom is -0.550 e. The first-order valence-corrected chi connectivity index (χ1v) is 16.9. The Morgan fingerprint density at radius 3 is 1.03 bits per heavy atom. The number of carboxylic acid groups (broad SMARTS) is 1. The fraction of sp³-hybridized carbons (Fsp3) is 0.971. The Morgan fingerprint density at radius 2 is 0.722 bits per heavy atom. The topological polar surface area (TPSA) is 40.1 Å². The van der Waals surface area contributed by atoms with Crippen LogP contribution in [0.1, 0.15) is 201 Å². The van der Waals surface area contributed by atoms with Crippen molar-refractivity contribution in [3.05, 3.63) is 0 Å². The molecule has 0 aromatic carbocycles. The molecule has 0 aromatic rings. The van der Waals surface area contributed by atoms with Gasteiger partial charge in [-0.3, -0.25) is 0 Å². The van der Waals surface area contributed by atoms with Gasteiger partial charge in [0, 0.05) is 5.97 Å². The zero-order valence-corrected chi connectivity index (χ0v) is 25.3. The summed E-state index contributed by atoms with van der Waals surface area (Å²) in [6.45, 7) is 6.82. The van der Waals surface area contributed by atoms with Gasteiger partial charge >= 0.3 is 0 Å². The first-order valence-electron chi connectivity index (χ1n) is 16.9. The normalized spacial score (nSPS) is 13.2. The van der Waals surface area contributed by atoms with Crippen LogP contribution in [0.4, 0.5) is 0 Å². The van der Waals surface area contributed by atoms with Gasteiger partial charge in [0.15, 0.2) is 0 Å². The van der Waals surface area contributed by atoms with Crippen molar-refractivity contribution in [1.82, 2.24) is 0 Å². The van der Waals surface area contributed by atoms with Crippen LogP contribution in [0.3, 0.4) is 0 Å². The third-order valence-corrected chi connectivity index (χ3v) is 8.29. The van der Waals surface area contributed by atoms with Crippen molar-refractivity contribution in [2.75, 3.05) is 0 Å². The van der Waals surface area contributed by atoms with Crippen molar-refractivity contribution in [3.8, 4) is 0 Å². The molecule has 0 heterocycles. The second-order valence-corrected chi connectivity index (χ2v) is 11.9. The number of hydrogen-bond donors (Lipinski definition) is 0. The van der Waals surface area contributed by atoms with Gasteiger partial charge in [0.25, 0.3) is 0 Å². The quantitative estimate of drug-likeness (QED) is 0.0907. The van der Waals surface area contributed by atoms with Crippen LogP contribution in [0.25, 0.3) is 0 Å². The average molecular weight is 508 g/mol. The third-order valence-electron chi connectivity index (χ3n) is 8.29. The van der Waals surface area contributed by atoms with Gasteiger partial charge < -0.3 is 9.90 Å². The number of rotatable bonds is 30. The maximum absolute atomic E-state index is 11.9. The van der Waals surface area contributed by atoms with Gasteiger partial charge in [-0.25, -0.2) is 0 Å². The third kappa shape index (κ3) is 25.1. The van der Waals surface area contributed by atoms with E-state index < -0.39 is 5.97 Å². The molecular weight excluding hydrogens is 440 g/mol. The number of unbranched alkanes of at least 4 members (excludes halogenated alkanes) is 21. The van der Waals surface area contributed by atoms with E-state index in [4.69, 9.17) is 0 Å². The van der Waals surface area contributed by atoms with Crippen LogP contribution < -0.4 is 5.11 Å². The molecule has 0 aliphatic carbocycles. The fourth-order valence-electron chi connectivity index (χ4n) is 5.77. The molecule has 0 rings (SSSR count). The number of aliphatic carboxylic acids is 1. The Bertz CT molecular complexity index is 433. The Labute approximate surface area is 228 Å². The van der Waals surface area contributed by atoms with Crippen LogP contribution in [0, 0.1) is 11.8 Å². The lowest BCUT2D eigenvalue weighted by molar-refractivity contribution is -0.312. The molecule has 0 saturated heterocycles. The molecule has 0 fully saturated rings. The lowest BCUT2D eigenvalue weighted by atomic mass is 9.84. The molecule has 0 N–H and O–H groups in total. The molecule has 0 radical (unpaired) electrons. The largest absolute Gasteiger partial charge is 0.550 e. The standard InChI is InChI=1S/C34H68O2/c1-4-7-10-13-15-16-17-18-19-21-24-27-30-33(34(35)36)31-32(28-25-22-12-9-6-3)29-26-23-20-14-11-8-5-2/h32-33H,4-31H2,1-3H3,(H,35,36)/p-1. The van der Waals surface area contributed by atoms with Gasteiger partial charge in [0.1, 0.15) is 0 Å². The predicted molar refractivity (Wildman–Crippen MR) is 158 cm³/mol. The van der Waals surface area contributed by atoms with Crippen molar-refractivity contribution in [2.24, 2.45) is 11.8 Å². The van der Waals surface area contributed by atoms with E-state index in [2.05, 4.69) is 20.8 Å². The van der Waals surface area contributed by atoms with E-state index in [0.717, 1.165) is 19.3 Å². The number of carboxylic acids is 1. The maximum Gasteiger partial charge on any atom is 0.0445 e. The minimum absolute atomic E-state index is 0.224. The molecule has 2 nitrogen and oxygen atoms in total. The monoisotopic (exact) mass is 508 g/mol. The highest BCUT2D eigenvalue weighted by Gasteiger charge is 2.17. The summed E-state index contributed by atoms with van der Waals surface area (Å²) in [5.74, 6) is -0.422. The second-order valence-electron chi connectivity index (χ2n) is 11.9. The van der Waals surface area contributed by atoms with E-state index in [0.29, 0.717) is 5.92 Å². The molecule has 0 bridgehead atoms. The molecule has 2 atom stereocenters. The van der Waals surface area contributed by atoms with Crippen molar-refractivity contribution < 1.29 is 9.90 Å². The molecule has 36 heavy (non-hydrogen) atoms. The summed E-state index contributed by atoms with van der Waals surface area (Å²) in [4.78, 5) is 11.9. The highest BCUT2D eigenvalue weighted by Crippen LogP contribution is 2.28. The van der Waals surface area contributed by atoms with Crippen LogP contribution in [0.15, 0.2) is 0 Å². The molecule has 0 spiro atoms. The Balaban J connectivity index is 4.16. The van der Waals surface area contributed by atoms with Gasteiger partial charge in [-0.2, -0.15) is 0 Å². The van der Waals surface area contributed by atoms with Crippen molar-refractivity contribution in [3.63, 3.8) is 0 Å². The first kappa shape index (κ1) is 35.5. The lowest BCUT2D eigenvalue weighted by Crippen LogP contribution is -2.32. The molecule has 0 saturated carbocycles. The average Bonchev–Trinajstić information content (AvgIpc) is 2.87. The number of carbonyl (C=O) groups is 1. The smallest absolute Gasteiger partial charge is 0.0445 e. The van der Waals surface area contributed by atoms with Crippen molar-refractivity contribution in [2.45, 2.75) is 201 Å². The summed E-state index contributed by atoms with van der Waals surface area (Å²) in [5.41, 5.74) is 0. The summed E-state index contributed by atoms with van der Waals surface area (Å²) in [6, 6.07) is 0. The summed E-state index contributed by atoms with van der Waals surface area (Å²) in [7, 11) is 0. The van der Waals surface area contributed by atoms with Gasteiger partial charge in [-0.1, -0.05) is 188 Å². The molecule has 216 valence electrons. The summed E-state index contributed by atoms with van der Waals surface area (Å²) >= 11 is 0. The minimum atomic E-state index is -0.784. The van der Waals surface area contributed by atoms with Crippen LogP contribution >= 0.6 is 0 Å². The van der Waals surface area contributed by atoms with Crippen molar-refractivity contribution >= 4 is 5.97 Å². The molecular formula is C34H67O2-. The summed E-state index contributed by atoms with van der Waals surface area (Å²) in [6.07, 6.45) is 36.0. The van der Waals surface area contributed by atoms with Crippen molar-refractivity contribution in [1.29, 1.82) is 0 Å². The van der Waals surface area contributed by atoms with Crippen LogP contribution in [-0.4, -0.2) is 5.97 Å². The van der Waals surface area contributed by atoms with E-state index in [9.17, 15) is 9.90 Å². The lowest BCUT2D eigenvalue weighted by Gasteiger charge is -2.25. The van der Waals surface area contributed by atoms with Crippen LogP contribution in [0.2, 0.25) is 0 Å². The van der Waals surface area contributed by atoms with E-state index in [-0.39, 0.29) is 5.92 Å². The molecule has 0 amide bonds. The second kappa shape index (κ2) is 29.0. The van der Waals surface area contributed by atoms with Crippen LogP contribution in [0.5, 0.6) is 0 Å². The molecule has 2 heteroatoms. The molecule has 0 aliphatic heterocycles. The number of hydrogen-bond acceptors (Lipinski definition) is 2. The SMILES string of the molecule is CCCCCCCCCCCCCCC(CC(CCCCCCC)CCCCCCCCC)C(=O)[O-]. The Morgan fingerprint density at radius 1 is 0.444 bits per heavy atom. The van der Waals surface area contributed by atoms with Gasteiger partial charge in [-0.05, 0) is 24.7 Å². The predicted octanol–water partition coefficient (Wildman–Crippen LogP) is 11.0. The zero-order chi connectivity index (χ0) is 26.5. The molecule has 0 aliphatic rings. The van der Waals surface area contributed by atoms with Gasteiger partial charge in [0.05, 0.1) is 0 Å². The van der Waals surface area contributed by atoms with E-state index in [1.54, 1.807) is 0 Å². The highest BCUT2D eigenvalue weighted by molar-refractivity contribution is 5.67. The molecule has 2 unspecified atom stereocenters. The summed E-state index contributed by atoms with van der Waals surface area (Å²) in [5, 5.41) is 11.9. The fourth-order valence-corrected chi connectivity index (χ4v) is 5.77. The maximum atomic E-state index is 11.9. The van der Waals surface area contributed by atoms with E-state index in [1.165, 1.54) is 161 Å².